The molecule has 0 aromatic carbocycles. The predicted molar refractivity (Wildman–Crippen MR) is 84.9 cm³/mol. The lowest BCUT2D eigenvalue weighted by molar-refractivity contribution is 0.0643. The summed E-state index contributed by atoms with van der Waals surface area (Å²) in [5.74, 6) is -0.255. The van der Waals surface area contributed by atoms with E-state index in [0.717, 1.165) is 39.1 Å². The number of piperazine rings is 1. The van der Waals surface area contributed by atoms with Crippen LogP contribution in [-0.2, 0) is 0 Å². The molecular weight excluding hydrogens is 280 g/mol. The van der Waals surface area contributed by atoms with Gasteiger partial charge in [-0.05, 0) is 25.1 Å². The number of pyridine rings is 1. The molecule has 0 atom stereocenters. The molecule has 2 heterocycles. The number of aromatic nitrogens is 1. The average molecular weight is 304 g/mol. The van der Waals surface area contributed by atoms with Crippen LogP contribution in [0, 0.1) is 0 Å². The quantitative estimate of drug-likeness (QED) is 0.881. The van der Waals surface area contributed by atoms with Crippen LogP contribution in [0.15, 0.2) is 18.3 Å². The number of hydrogen-bond donors (Lipinski definition) is 1. The number of likely N-dealkylation sites (N-methyl/N-ethyl adjacent to an activating group) is 1. The first-order valence-corrected chi connectivity index (χ1v) is 7.91. The Kier molecular flexibility index (Phi) is 5.89. The van der Waals surface area contributed by atoms with Crippen molar-refractivity contribution in [2.75, 3.05) is 39.3 Å². The molecule has 0 spiro atoms. The molecule has 0 unspecified atom stereocenters. The van der Waals surface area contributed by atoms with E-state index in [1.807, 2.05) is 11.8 Å². The molecule has 1 aliphatic rings. The van der Waals surface area contributed by atoms with Gasteiger partial charge in [0.25, 0.3) is 11.8 Å². The Balaban J connectivity index is 2.03. The molecule has 1 saturated heterocycles. The zero-order chi connectivity index (χ0) is 15.9. The van der Waals surface area contributed by atoms with Crippen molar-refractivity contribution in [3.05, 3.63) is 29.6 Å². The second-order valence-corrected chi connectivity index (χ2v) is 5.41. The zero-order valence-corrected chi connectivity index (χ0v) is 13.3. The number of nitrogens with one attached hydrogen (secondary N) is 1. The largest absolute Gasteiger partial charge is 0.351 e. The van der Waals surface area contributed by atoms with E-state index in [0.29, 0.717) is 17.8 Å². The summed E-state index contributed by atoms with van der Waals surface area (Å²) >= 11 is 0. The summed E-state index contributed by atoms with van der Waals surface area (Å²) in [6.07, 6.45) is 2.39. The van der Waals surface area contributed by atoms with E-state index in [4.69, 9.17) is 0 Å². The summed E-state index contributed by atoms with van der Waals surface area (Å²) < 4.78 is 0. The van der Waals surface area contributed by atoms with Gasteiger partial charge in [0, 0.05) is 44.5 Å². The third-order valence-electron chi connectivity index (χ3n) is 3.88. The van der Waals surface area contributed by atoms with E-state index in [9.17, 15) is 9.59 Å². The van der Waals surface area contributed by atoms with Gasteiger partial charge in [0.15, 0.2) is 0 Å². The third kappa shape index (κ3) is 4.04. The van der Waals surface area contributed by atoms with Crippen molar-refractivity contribution in [3.8, 4) is 0 Å². The molecular formula is C16H24N4O2. The van der Waals surface area contributed by atoms with E-state index in [1.54, 1.807) is 12.1 Å². The Morgan fingerprint density at radius 2 is 1.95 bits per heavy atom. The van der Waals surface area contributed by atoms with Crippen molar-refractivity contribution in [2.24, 2.45) is 0 Å². The van der Waals surface area contributed by atoms with Crippen LogP contribution in [0.4, 0.5) is 0 Å². The molecule has 2 rings (SSSR count). The van der Waals surface area contributed by atoms with Gasteiger partial charge in [-0.2, -0.15) is 0 Å². The first-order chi connectivity index (χ1) is 10.7. The number of amides is 2. The summed E-state index contributed by atoms with van der Waals surface area (Å²) in [7, 11) is 0. The molecule has 2 amide bonds. The van der Waals surface area contributed by atoms with E-state index in [-0.39, 0.29) is 11.8 Å². The molecule has 1 N–H and O–H groups in total. The number of carbonyl (C=O) groups excluding carboxylic acids is 2. The van der Waals surface area contributed by atoms with Gasteiger partial charge < -0.3 is 15.1 Å². The van der Waals surface area contributed by atoms with Gasteiger partial charge in [-0.25, -0.2) is 0 Å². The molecule has 22 heavy (non-hydrogen) atoms. The standard InChI is InChI=1S/C16H24N4O2/c1-3-6-18-15(21)14-12-13(5-7-17-14)16(22)20-10-8-19(4-2)9-11-20/h5,7,12H,3-4,6,8-11H2,1-2H3,(H,18,21). The number of rotatable bonds is 5. The van der Waals surface area contributed by atoms with Gasteiger partial charge >= 0.3 is 0 Å². The average Bonchev–Trinajstić information content (AvgIpc) is 2.59. The van der Waals surface area contributed by atoms with Crippen molar-refractivity contribution in [3.63, 3.8) is 0 Å². The molecule has 0 aliphatic carbocycles. The maximum atomic E-state index is 12.5. The molecule has 1 aliphatic heterocycles. The maximum Gasteiger partial charge on any atom is 0.269 e. The van der Waals surface area contributed by atoms with E-state index in [1.165, 1.54) is 6.20 Å². The number of carbonyl (C=O) groups is 2. The van der Waals surface area contributed by atoms with Gasteiger partial charge in [0.2, 0.25) is 0 Å². The second-order valence-electron chi connectivity index (χ2n) is 5.41. The van der Waals surface area contributed by atoms with Crippen LogP contribution in [0.5, 0.6) is 0 Å². The topological polar surface area (TPSA) is 65.5 Å². The SMILES string of the molecule is CCCNC(=O)c1cc(C(=O)N2CCN(CC)CC2)ccn1. The highest BCUT2D eigenvalue weighted by Gasteiger charge is 2.22. The van der Waals surface area contributed by atoms with E-state index < -0.39 is 0 Å². The summed E-state index contributed by atoms with van der Waals surface area (Å²) in [6.45, 7) is 8.99. The van der Waals surface area contributed by atoms with Gasteiger partial charge in [-0.1, -0.05) is 13.8 Å². The Bertz CT molecular complexity index is 525. The Labute approximate surface area is 131 Å². The van der Waals surface area contributed by atoms with Crippen molar-refractivity contribution in [1.29, 1.82) is 0 Å². The van der Waals surface area contributed by atoms with Crippen molar-refractivity contribution in [1.82, 2.24) is 20.1 Å². The summed E-state index contributed by atoms with van der Waals surface area (Å²) in [4.78, 5) is 32.7. The molecule has 1 aromatic rings. The first kappa shape index (κ1) is 16.4. The maximum absolute atomic E-state index is 12.5. The fraction of sp³-hybridized carbons (Fsp3) is 0.562. The smallest absolute Gasteiger partial charge is 0.269 e. The summed E-state index contributed by atoms with van der Waals surface area (Å²) in [6, 6.07) is 3.25. The molecule has 1 fully saturated rings. The number of hydrogen-bond acceptors (Lipinski definition) is 4. The van der Waals surface area contributed by atoms with Gasteiger partial charge in [-0.15, -0.1) is 0 Å². The van der Waals surface area contributed by atoms with Crippen LogP contribution >= 0.6 is 0 Å². The van der Waals surface area contributed by atoms with Crippen LogP contribution in [0.2, 0.25) is 0 Å². The lowest BCUT2D eigenvalue weighted by atomic mass is 10.1. The summed E-state index contributed by atoms with van der Waals surface area (Å²) in [5.41, 5.74) is 0.827. The van der Waals surface area contributed by atoms with E-state index >= 15 is 0 Å². The van der Waals surface area contributed by atoms with Crippen molar-refractivity contribution in [2.45, 2.75) is 20.3 Å². The normalized spacial score (nSPS) is 15.6. The minimum Gasteiger partial charge on any atom is -0.351 e. The number of nitrogens with zero attached hydrogens (tertiary/aromatic N) is 3. The minimum absolute atomic E-state index is 0.0253. The van der Waals surface area contributed by atoms with Crippen LogP contribution in [-0.4, -0.2) is 65.9 Å². The highest BCUT2D eigenvalue weighted by Crippen LogP contribution is 2.09. The Morgan fingerprint density at radius 1 is 1.23 bits per heavy atom. The molecule has 1 aromatic heterocycles. The molecule has 0 bridgehead atoms. The first-order valence-electron chi connectivity index (χ1n) is 7.91. The lowest BCUT2D eigenvalue weighted by Gasteiger charge is -2.34. The monoisotopic (exact) mass is 304 g/mol. The lowest BCUT2D eigenvalue weighted by Crippen LogP contribution is -2.48. The molecule has 120 valence electrons. The minimum atomic E-state index is -0.229. The van der Waals surface area contributed by atoms with Crippen LogP contribution in [0.3, 0.4) is 0 Å². The summed E-state index contributed by atoms with van der Waals surface area (Å²) in [5, 5.41) is 2.77. The van der Waals surface area contributed by atoms with Crippen LogP contribution in [0.25, 0.3) is 0 Å². The fourth-order valence-electron chi connectivity index (χ4n) is 2.47. The van der Waals surface area contributed by atoms with Crippen LogP contribution in [0.1, 0.15) is 41.1 Å². The van der Waals surface area contributed by atoms with Gasteiger partial charge in [0.1, 0.15) is 5.69 Å². The molecule has 0 radical (unpaired) electrons. The Hall–Kier alpha value is -1.95. The third-order valence-corrected chi connectivity index (χ3v) is 3.88. The predicted octanol–water partition coefficient (Wildman–Crippen LogP) is 0.999. The van der Waals surface area contributed by atoms with E-state index in [2.05, 4.69) is 22.1 Å². The van der Waals surface area contributed by atoms with Crippen molar-refractivity contribution < 1.29 is 9.59 Å². The molecule has 6 nitrogen and oxygen atoms in total. The second kappa shape index (κ2) is 7.89. The van der Waals surface area contributed by atoms with Crippen LogP contribution < -0.4 is 5.32 Å². The van der Waals surface area contributed by atoms with Gasteiger partial charge in [0.05, 0.1) is 0 Å². The molecule has 0 saturated carbocycles. The highest BCUT2D eigenvalue weighted by molar-refractivity contribution is 5.98. The highest BCUT2D eigenvalue weighted by atomic mass is 16.2. The van der Waals surface area contributed by atoms with Crippen molar-refractivity contribution >= 4 is 11.8 Å². The molecule has 6 heteroatoms. The zero-order valence-electron chi connectivity index (χ0n) is 13.3. The fourth-order valence-corrected chi connectivity index (χ4v) is 2.47. The van der Waals surface area contributed by atoms with Gasteiger partial charge in [-0.3, -0.25) is 14.6 Å². The Morgan fingerprint density at radius 3 is 2.59 bits per heavy atom.